The van der Waals surface area contributed by atoms with Gasteiger partial charge in [0.15, 0.2) is 0 Å². The van der Waals surface area contributed by atoms with Crippen LogP contribution >= 0.6 is 0 Å². The third-order valence-electron chi connectivity index (χ3n) is 10.6. The van der Waals surface area contributed by atoms with Gasteiger partial charge in [-0.1, -0.05) is 130 Å². The number of hydrogen-bond acceptors (Lipinski definition) is 10. The second-order valence-electron chi connectivity index (χ2n) is 16.2. The standard InChI is InChI=1S/C28H49N3O5.C17H34O3.CH4O/c1-5-7-9-11-12-14-16-23(15-13-10-8-6-2)36-27(33)22-31-25(32)19-20-30(28(31)34)26-18-17-24(35-26)21-29(3)4;1-3-5-7-9-10-12-14-16(20-17(19)15-18)13-11-8-6-4-2;1-2/h19-20,23-24,26H,5-18,21-22H2,1-4H3;16,18H,3-15H2,1-2H3;2H,1H3. The fourth-order valence-electron chi connectivity index (χ4n) is 7.33. The lowest BCUT2D eigenvalue weighted by Crippen LogP contribution is -2.42. The molecular formula is C46H87N3O9. The number of aliphatic hydroxyl groups excluding tert-OH is 2. The van der Waals surface area contributed by atoms with E-state index in [2.05, 4.69) is 32.6 Å². The molecule has 1 saturated heterocycles. The molecule has 12 heteroatoms. The molecule has 0 saturated carbocycles. The molecule has 0 amide bonds. The van der Waals surface area contributed by atoms with E-state index < -0.39 is 36.0 Å². The number of likely N-dealkylation sites (N-methyl/N-ethyl adjacent to an activating group) is 1. The number of rotatable bonds is 32. The molecular weight excluding hydrogens is 739 g/mol. The van der Waals surface area contributed by atoms with E-state index in [-0.39, 0.29) is 24.9 Å². The van der Waals surface area contributed by atoms with Crippen LogP contribution < -0.4 is 11.2 Å². The molecule has 2 heterocycles. The second-order valence-corrected chi connectivity index (χ2v) is 16.2. The predicted molar refractivity (Wildman–Crippen MR) is 235 cm³/mol. The smallest absolute Gasteiger partial charge is 0.333 e. The number of aromatic nitrogens is 2. The van der Waals surface area contributed by atoms with Crippen LogP contribution in [0.25, 0.3) is 0 Å². The van der Waals surface area contributed by atoms with Gasteiger partial charge in [-0.05, 0) is 78.3 Å². The van der Waals surface area contributed by atoms with Gasteiger partial charge in [-0.3, -0.25) is 14.2 Å². The second kappa shape index (κ2) is 37.5. The average molecular weight is 826 g/mol. The van der Waals surface area contributed by atoms with E-state index in [0.29, 0.717) is 6.42 Å². The Morgan fingerprint density at radius 1 is 0.690 bits per heavy atom. The molecule has 12 nitrogen and oxygen atoms in total. The quantitative estimate of drug-likeness (QED) is 0.0532. The van der Waals surface area contributed by atoms with Crippen LogP contribution in [0.2, 0.25) is 0 Å². The minimum absolute atomic E-state index is 0.0117. The van der Waals surface area contributed by atoms with Crippen molar-refractivity contribution in [3.05, 3.63) is 33.1 Å². The molecule has 1 aromatic rings. The summed E-state index contributed by atoms with van der Waals surface area (Å²) in [6.07, 6.45) is 30.0. The Labute approximate surface area is 352 Å². The molecule has 0 aliphatic carbocycles. The maximum atomic E-state index is 13.1. The summed E-state index contributed by atoms with van der Waals surface area (Å²) in [7, 11) is 4.97. The van der Waals surface area contributed by atoms with Crippen molar-refractivity contribution in [2.24, 2.45) is 0 Å². The summed E-state index contributed by atoms with van der Waals surface area (Å²) in [6.45, 7) is 8.71. The lowest BCUT2D eigenvalue weighted by atomic mass is 10.0. The predicted octanol–water partition coefficient (Wildman–Crippen LogP) is 9.10. The zero-order valence-electron chi connectivity index (χ0n) is 38.1. The first-order chi connectivity index (χ1) is 28.1. The molecule has 2 N–H and O–H groups in total. The van der Waals surface area contributed by atoms with Gasteiger partial charge < -0.3 is 29.3 Å². The highest BCUT2D eigenvalue weighted by Crippen LogP contribution is 2.27. The van der Waals surface area contributed by atoms with Gasteiger partial charge in [-0.2, -0.15) is 0 Å². The van der Waals surface area contributed by atoms with Crippen molar-refractivity contribution in [1.82, 2.24) is 14.0 Å². The van der Waals surface area contributed by atoms with Crippen LogP contribution in [0.3, 0.4) is 0 Å². The lowest BCUT2D eigenvalue weighted by molar-refractivity contribution is -0.153. The molecule has 0 radical (unpaired) electrons. The zero-order chi connectivity index (χ0) is 43.4. The Kier molecular flexibility index (Phi) is 35.8. The molecule has 1 aliphatic rings. The SMILES string of the molecule is CCCCCCCCC(CCCCCC)OC(=O)CO.CCCCCCCCC(CCCCCC)OC(=O)Cn1c(=O)ccn(C2CCC(CN(C)C)O2)c1=O.CO. The number of aliphatic hydroxyl groups is 2. The minimum Gasteiger partial charge on any atom is -0.461 e. The van der Waals surface area contributed by atoms with Crippen molar-refractivity contribution in [1.29, 1.82) is 0 Å². The monoisotopic (exact) mass is 826 g/mol. The summed E-state index contributed by atoms with van der Waals surface area (Å²) in [5.41, 5.74) is -1.02. The summed E-state index contributed by atoms with van der Waals surface area (Å²) in [5, 5.41) is 15.8. The van der Waals surface area contributed by atoms with Gasteiger partial charge in [0.25, 0.3) is 5.56 Å². The molecule has 4 atom stereocenters. The van der Waals surface area contributed by atoms with E-state index in [4.69, 9.17) is 24.4 Å². The van der Waals surface area contributed by atoms with Crippen molar-refractivity contribution in [3.8, 4) is 0 Å². The first kappa shape index (κ1) is 55.5. The molecule has 340 valence electrons. The van der Waals surface area contributed by atoms with E-state index in [1.54, 1.807) is 0 Å². The first-order valence-corrected chi connectivity index (χ1v) is 23.2. The number of carbonyl (C=O) groups is 2. The summed E-state index contributed by atoms with van der Waals surface area (Å²) >= 11 is 0. The van der Waals surface area contributed by atoms with Gasteiger partial charge in [-0.15, -0.1) is 0 Å². The molecule has 1 fully saturated rings. The summed E-state index contributed by atoms with van der Waals surface area (Å²) in [5.74, 6) is -0.993. The van der Waals surface area contributed by atoms with Crippen molar-refractivity contribution in [2.75, 3.05) is 34.4 Å². The van der Waals surface area contributed by atoms with Crippen molar-refractivity contribution in [3.63, 3.8) is 0 Å². The number of carbonyl (C=O) groups excluding carboxylic acids is 2. The summed E-state index contributed by atoms with van der Waals surface area (Å²) < 4.78 is 19.6. The van der Waals surface area contributed by atoms with Crippen molar-refractivity contribution >= 4 is 11.9 Å². The molecule has 1 aromatic heterocycles. The Balaban J connectivity index is 0.00000125. The summed E-state index contributed by atoms with van der Waals surface area (Å²) in [6, 6.07) is 1.33. The van der Waals surface area contributed by atoms with E-state index in [0.717, 1.165) is 95.3 Å². The molecule has 4 unspecified atom stereocenters. The number of esters is 2. The van der Waals surface area contributed by atoms with Gasteiger partial charge in [-0.25, -0.2) is 14.2 Å². The number of hydrogen-bond donors (Lipinski definition) is 2. The fraction of sp³-hybridized carbons (Fsp3) is 0.870. The maximum Gasteiger partial charge on any atom is 0.333 e. The number of nitrogens with zero attached hydrogens (tertiary/aromatic N) is 3. The number of ether oxygens (including phenoxy) is 3. The van der Waals surface area contributed by atoms with Crippen LogP contribution in [0.15, 0.2) is 21.9 Å². The Morgan fingerprint density at radius 2 is 1.10 bits per heavy atom. The molecule has 0 aromatic carbocycles. The van der Waals surface area contributed by atoms with Crippen LogP contribution in [-0.2, 0) is 30.3 Å². The topological polar surface area (TPSA) is 150 Å². The Bertz CT molecular complexity index is 1250. The molecule has 0 bridgehead atoms. The van der Waals surface area contributed by atoms with Crippen LogP contribution in [0.4, 0.5) is 0 Å². The normalized spacial score (nSPS) is 15.9. The summed E-state index contributed by atoms with van der Waals surface area (Å²) in [4.78, 5) is 51.7. The third kappa shape index (κ3) is 27.3. The van der Waals surface area contributed by atoms with E-state index >= 15 is 0 Å². The third-order valence-corrected chi connectivity index (χ3v) is 10.6. The van der Waals surface area contributed by atoms with Gasteiger partial charge >= 0.3 is 17.6 Å². The highest BCUT2D eigenvalue weighted by molar-refractivity contribution is 5.70. The molecule has 0 spiro atoms. The van der Waals surface area contributed by atoms with E-state index in [1.165, 1.54) is 100 Å². The maximum absolute atomic E-state index is 13.1. The largest absolute Gasteiger partial charge is 0.461 e. The van der Waals surface area contributed by atoms with Gasteiger partial charge in [0.2, 0.25) is 0 Å². The Morgan fingerprint density at radius 3 is 1.53 bits per heavy atom. The average Bonchev–Trinajstić information content (AvgIpc) is 3.67. The van der Waals surface area contributed by atoms with Gasteiger partial charge in [0.05, 0.1) is 6.10 Å². The van der Waals surface area contributed by atoms with Gasteiger partial charge in [0, 0.05) is 25.9 Å². The lowest BCUT2D eigenvalue weighted by Gasteiger charge is -2.20. The Hall–Kier alpha value is -2.54. The van der Waals surface area contributed by atoms with Crippen LogP contribution in [0.5, 0.6) is 0 Å². The zero-order valence-corrected chi connectivity index (χ0v) is 38.1. The number of unbranched alkanes of at least 4 members (excludes halogenated alkanes) is 16. The fourth-order valence-corrected chi connectivity index (χ4v) is 7.33. The van der Waals surface area contributed by atoms with Crippen molar-refractivity contribution < 1.29 is 34.0 Å². The molecule has 2 rings (SSSR count). The van der Waals surface area contributed by atoms with E-state index in [1.807, 2.05) is 14.1 Å². The van der Waals surface area contributed by atoms with Crippen LogP contribution in [0.1, 0.15) is 201 Å². The first-order valence-electron chi connectivity index (χ1n) is 23.2. The molecule has 1 aliphatic heterocycles. The van der Waals surface area contributed by atoms with Crippen LogP contribution in [-0.4, -0.2) is 88.9 Å². The highest BCUT2D eigenvalue weighted by atomic mass is 16.6. The highest BCUT2D eigenvalue weighted by Gasteiger charge is 2.28. The van der Waals surface area contributed by atoms with E-state index in [9.17, 15) is 19.2 Å². The van der Waals surface area contributed by atoms with Gasteiger partial charge in [0.1, 0.15) is 31.6 Å². The van der Waals surface area contributed by atoms with Crippen LogP contribution in [0, 0.1) is 0 Å². The minimum atomic E-state index is -0.523. The molecule has 58 heavy (non-hydrogen) atoms. The van der Waals surface area contributed by atoms with Crippen molar-refractivity contribution in [2.45, 2.75) is 226 Å².